The zero-order chi connectivity index (χ0) is 13.3. The summed E-state index contributed by atoms with van der Waals surface area (Å²) in [6.07, 6.45) is -4.44. The van der Waals surface area contributed by atoms with Crippen LogP contribution in [0.2, 0.25) is 0 Å². The number of carbonyl (C=O) groups excluding carboxylic acids is 2. The van der Waals surface area contributed by atoms with E-state index >= 15 is 0 Å². The second-order valence-corrected chi connectivity index (χ2v) is 3.74. The number of rotatable bonds is 2. The summed E-state index contributed by atoms with van der Waals surface area (Å²) in [4.78, 5) is 21.5. The van der Waals surface area contributed by atoms with E-state index in [9.17, 15) is 22.8 Å². The third kappa shape index (κ3) is 2.24. The molecular weight excluding hydrogens is 250 g/mol. The maximum atomic E-state index is 12.8. The number of imide groups is 1. The Balaban J connectivity index is 2.52. The van der Waals surface area contributed by atoms with Gasteiger partial charge in [-0.25, -0.2) is 0 Å². The topological polar surface area (TPSA) is 55.4 Å². The Hall–Kier alpha value is -1.83. The summed E-state index contributed by atoms with van der Waals surface area (Å²) in [7, 11) is 0.0284. The lowest BCUT2D eigenvalue weighted by atomic mass is 9.83. The quantitative estimate of drug-likeness (QED) is 0.603. The SMILES string of the molecule is O=CNC(=O)c1cc2c(c(C(F)(F)F)c1)COB2. The van der Waals surface area contributed by atoms with E-state index in [1.54, 1.807) is 5.32 Å². The molecule has 0 unspecified atom stereocenters. The number of nitrogens with one attached hydrogen (secondary N) is 1. The second-order valence-electron chi connectivity index (χ2n) is 3.74. The Labute approximate surface area is 100 Å². The maximum absolute atomic E-state index is 12.8. The number of fused-ring (bicyclic) bond motifs is 1. The van der Waals surface area contributed by atoms with Gasteiger partial charge in [-0.2, -0.15) is 13.2 Å². The van der Waals surface area contributed by atoms with Gasteiger partial charge in [0.05, 0.1) is 12.2 Å². The minimum atomic E-state index is -4.56. The molecule has 2 rings (SSSR count). The molecule has 1 aromatic rings. The lowest BCUT2D eigenvalue weighted by molar-refractivity contribution is -0.138. The van der Waals surface area contributed by atoms with Gasteiger partial charge in [0.25, 0.3) is 5.91 Å². The monoisotopic (exact) mass is 257 g/mol. The van der Waals surface area contributed by atoms with Crippen molar-refractivity contribution in [3.8, 4) is 0 Å². The molecule has 0 bridgehead atoms. The molecule has 2 amide bonds. The van der Waals surface area contributed by atoms with Gasteiger partial charge >= 0.3 is 13.7 Å². The molecule has 0 radical (unpaired) electrons. The van der Waals surface area contributed by atoms with E-state index in [1.165, 1.54) is 6.07 Å². The van der Waals surface area contributed by atoms with E-state index in [0.29, 0.717) is 5.46 Å². The van der Waals surface area contributed by atoms with Crippen LogP contribution in [0.5, 0.6) is 0 Å². The zero-order valence-electron chi connectivity index (χ0n) is 9.00. The van der Waals surface area contributed by atoms with Gasteiger partial charge in [-0.1, -0.05) is 6.07 Å². The van der Waals surface area contributed by atoms with E-state index < -0.39 is 17.6 Å². The van der Waals surface area contributed by atoms with Gasteiger partial charge in [0.1, 0.15) is 0 Å². The summed E-state index contributed by atoms with van der Waals surface area (Å²) in [5.41, 5.74) is -0.738. The van der Waals surface area contributed by atoms with Gasteiger partial charge < -0.3 is 4.65 Å². The molecule has 0 saturated heterocycles. The molecule has 18 heavy (non-hydrogen) atoms. The van der Waals surface area contributed by atoms with Crippen LogP contribution in [0.1, 0.15) is 21.5 Å². The van der Waals surface area contributed by atoms with Crippen molar-refractivity contribution in [3.05, 3.63) is 28.8 Å². The molecule has 0 spiro atoms. The van der Waals surface area contributed by atoms with Crippen LogP contribution in [0, 0.1) is 0 Å². The first-order valence-corrected chi connectivity index (χ1v) is 4.98. The van der Waals surface area contributed by atoms with Crippen molar-refractivity contribution in [2.75, 3.05) is 0 Å². The van der Waals surface area contributed by atoms with Crippen LogP contribution in [0.3, 0.4) is 0 Å². The molecule has 0 fully saturated rings. The standard InChI is InChI=1S/C10H7BF3NO3/c12-10(13,14)7-1-5(9(17)15-4-16)2-8-6(7)3-18-11-8/h1-2,4,11H,3H2,(H,15,16,17). The average molecular weight is 257 g/mol. The molecule has 1 N–H and O–H groups in total. The molecule has 0 atom stereocenters. The van der Waals surface area contributed by atoms with Crippen LogP contribution in [-0.4, -0.2) is 19.8 Å². The van der Waals surface area contributed by atoms with E-state index in [2.05, 4.69) is 0 Å². The van der Waals surface area contributed by atoms with Crippen molar-refractivity contribution in [2.45, 2.75) is 12.8 Å². The molecule has 0 saturated carbocycles. The van der Waals surface area contributed by atoms with E-state index in [1.807, 2.05) is 0 Å². The Bertz CT molecular complexity index is 516. The molecule has 1 heterocycles. The molecule has 0 aromatic heterocycles. The van der Waals surface area contributed by atoms with E-state index in [4.69, 9.17) is 4.65 Å². The average Bonchev–Trinajstić information content (AvgIpc) is 2.74. The molecular formula is C10H7BF3NO3. The fourth-order valence-corrected chi connectivity index (χ4v) is 1.82. The van der Waals surface area contributed by atoms with Crippen molar-refractivity contribution < 1.29 is 27.4 Å². The first-order valence-electron chi connectivity index (χ1n) is 4.98. The highest BCUT2D eigenvalue weighted by Crippen LogP contribution is 2.33. The van der Waals surface area contributed by atoms with Crippen LogP contribution >= 0.6 is 0 Å². The van der Waals surface area contributed by atoms with Crippen molar-refractivity contribution in [1.82, 2.24) is 5.32 Å². The van der Waals surface area contributed by atoms with Gasteiger partial charge in [-0.3, -0.25) is 14.9 Å². The van der Waals surface area contributed by atoms with Crippen LogP contribution in [0.15, 0.2) is 12.1 Å². The third-order valence-electron chi connectivity index (χ3n) is 2.60. The van der Waals surface area contributed by atoms with E-state index in [-0.39, 0.29) is 31.6 Å². The van der Waals surface area contributed by atoms with Crippen LogP contribution in [-0.2, 0) is 22.2 Å². The fourth-order valence-electron chi connectivity index (χ4n) is 1.82. The number of hydrogen-bond acceptors (Lipinski definition) is 3. The summed E-state index contributed by atoms with van der Waals surface area (Å²) in [5.74, 6) is -0.870. The summed E-state index contributed by atoms with van der Waals surface area (Å²) >= 11 is 0. The molecule has 1 aliphatic heterocycles. The largest absolute Gasteiger partial charge is 0.430 e. The van der Waals surface area contributed by atoms with Crippen LogP contribution in [0.4, 0.5) is 13.2 Å². The predicted molar refractivity (Wildman–Crippen MR) is 56.5 cm³/mol. The van der Waals surface area contributed by atoms with Crippen LogP contribution < -0.4 is 10.8 Å². The summed E-state index contributed by atoms with van der Waals surface area (Å²) in [5, 5.41) is 1.80. The third-order valence-corrected chi connectivity index (χ3v) is 2.60. The highest BCUT2D eigenvalue weighted by molar-refractivity contribution is 6.49. The Morgan fingerprint density at radius 2 is 2.17 bits per heavy atom. The maximum Gasteiger partial charge on any atom is 0.416 e. The Morgan fingerprint density at radius 1 is 1.44 bits per heavy atom. The summed E-state index contributed by atoms with van der Waals surface area (Å²) in [6.45, 7) is -0.125. The molecule has 1 aliphatic rings. The van der Waals surface area contributed by atoms with Crippen molar-refractivity contribution in [3.63, 3.8) is 0 Å². The van der Waals surface area contributed by atoms with Crippen molar-refractivity contribution in [1.29, 1.82) is 0 Å². The van der Waals surface area contributed by atoms with Crippen molar-refractivity contribution >= 4 is 25.3 Å². The summed E-state index contributed by atoms with van der Waals surface area (Å²) in [6, 6.07) is 2.03. The molecule has 1 aromatic carbocycles. The lowest BCUT2D eigenvalue weighted by Gasteiger charge is -2.13. The first kappa shape index (κ1) is 12.6. The molecule has 4 nitrogen and oxygen atoms in total. The molecule has 0 aliphatic carbocycles. The molecule has 94 valence electrons. The highest BCUT2D eigenvalue weighted by atomic mass is 19.4. The zero-order valence-corrected chi connectivity index (χ0v) is 9.00. The number of halogens is 3. The molecule has 8 heteroatoms. The predicted octanol–water partition coefficient (Wildman–Crippen LogP) is 0.0986. The fraction of sp³-hybridized carbons (Fsp3) is 0.200. The van der Waals surface area contributed by atoms with Crippen molar-refractivity contribution in [2.24, 2.45) is 0 Å². The van der Waals surface area contributed by atoms with Gasteiger partial charge in [-0.15, -0.1) is 0 Å². The minimum absolute atomic E-state index is 0.0284. The number of alkyl halides is 3. The van der Waals surface area contributed by atoms with Gasteiger partial charge in [0.15, 0.2) is 0 Å². The first-order chi connectivity index (χ1) is 8.43. The number of hydrogen-bond donors (Lipinski definition) is 1. The highest BCUT2D eigenvalue weighted by Gasteiger charge is 2.36. The van der Waals surface area contributed by atoms with Crippen LogP contribution in [0.25, 0.3) is 0 Å². The normalized spacial score (nSPS) is 13.7. The number of carbonyl (C=O) groups is 2. The summed E-state index contributed by atoms with van der Waals surface area (Å²) < 4.78 is 43.4. The Kier molecular flexibility index (Phi) is 3.12. The van der Waals surface area contributed by atoms with Gasteiger partial charge in [-0.05, 0) is 17.1 Å². The van der Waals surface area contributed by atoms with Gasteiger partial charge in [0.2, 0.25) is 6.41 Å². The Morgan fingerprint density at radius 3 is 2.78 bits per heavy atom. The lowest BCUT2D eigenvalue weighted by Crippen LogP contribution is -2.26. The number of benzene rings is 1. The smallest absolute Gasteiger partial charge is 0.416 e. The second kappa shape index (κ2) is 4.45. The minimum Gasteiger partial charge on any atom is -0.430 e. The van der Waals surface area contributed by atoms with Gasteiger partial charge in [0, 0.05) is 5.56 Å². The van der Waals surface area contributed by atoms with E-state index in [0.717, 1.165) is 6.07 Å². The number of amides is 2.